The molecule has 0 saturated heterocycles. The average Bonchev–Trinajstić information content (AvgIpc) is 2.03. The number of hydrogen-bond acceptors (Lipinski definition) is 2. The van der Waals surface area contributed by atoms with Crippen LogP contribution in [-0.4, -0.2) is 5.97 Å². The standard InChI is InChI=1S/C8H7O3/c1-6-3-2-4-7(5-6)8(9)11-10/h2-5H,1H3. The highest BCUT2D eigenvalue weighted by Crippen LogP contribution is 2.04. The molecule has 57 valence electrons. The monoisotopic (exact) mass is 151 g/mol. The van der Waals surface area contributed by atoms with Crippen molar-refractivity contribution in [3.05, 3.63) is 35.4 Å². The van der Waals surface area contributed by atoms with Gasteiger partial charge in [-0.1, -0.05) is 17.7 Å². The van der Waals surface area contributed by atoms with Crippen LogP contribution in [0, 0.1) is 6.92 Å². The van der Waals surface area contributed by atoms with E-state index in [1.165, 1.54) is 6.07 Å². The van der Waals surface area contributed by atoms with Crippen molar-refractivity contribution >= 4 is 5.97 Å². The summed E-state index contributed by atoms with van der Waals surface area (Å²) in [4.78, 5) is 13.9. The van der Waals surface area contributed by atoms with E-state index in [1.54, 1.807) is 12.1 Å². The molecule has 0 saturated carbocycles. The van der Waals surface area contributed by atoms with E-state index in [-0.39, 0.29) is 0 Å². The Kier molecular flexibility index (Phi) is 2.23. The van der Waals surface area contributed by atoms with Crippen molar-refractivity contribution in [1.82, 2.24) is 0 Å². The molecule has 1 aromatic rings. The Morgan fingerprint density at radius 3 is 2.73 bits per heavy atom. The maximum Gasteiger partial charge on any atom is 0.376 e. The fourth-order valence-corrected chi connectivity index (χ4v) is 0.820. The first-order valence-electron chi connectivity index (χ1n) is 3.15. The SMILES string of the molecule is Cc1cccc(C(=O)O[O])c1. The van der Waals surface area contributed by atoms with Crippen LogP contribution in [0.1, 0.15) is 15.9 Å². The average molecular weight is 151 g/mol. The molecule has 0 aliphatic carbocycles. The van der Waals surface area contributed by atoms with Gasteiger partial charge in [0.25, 0.3) is 0 Å². The van der Waals surface area contributed by atoms with Crippen LogP contribution in [0.2, 0.25) is 0 Å². The van der Waals surface area contributed by atoms with Gasteiger partial charge in [0.15, 0.2) is 0 Å². The zero-order chi connectivity index (χ0) is 8.27. The first-order valence-corrected chi connectivity index (χ1v) is 3.15. The zero-order valence-electron chi connectivity index (χ0n) is 6.03. The fraction of sp³-hybridized carbons (Fsp3) is 0.125. The molecule has 0 bridgehead atoms. The lowest BCUT2D eigenvalue weighted by atomic mass is 10.1. The lowest BCUT2D eigenvalue weighted by Gasteiger charge is -1.95. The Balaban J connectivity index is 2.96. The van der Waals surface area contributed by atoms with E-state index in [9.17, 15) is 10.1 Å². The van der Waals surface area contributed by atoms with Gasteiger partial charge in [-0.2, -0.15) is 0 Å². The molecule has 0 spiro atoms. The predicted molar refractivity (Wildman–Crippen MR) is 37.3 cm³/mol. The van der Waals surface area contributed by atoms with Crippen LogP contribution in [0.5, 0.6) is 0 Å². The molecule has 0 unspecified atom stereocenters. The van der Waals surface area contributed by atoms with E-state index in [0.29, 0.717) is 5.56 Å². The Hall–Kier alpha value is -1.35. The molecule has 0 heterocycles. The van der Waals surface area contributed by atoms with Crippen LogP contribution in [0.25, 0.3) is 0 Å². The molecule has 3 heteroatoms. The quantitative estimate of drug-likeness (QED) is 0.451. The van der Waals surface area contributed by atoms with Crippen LogP contribution in [-0.2, 0) is 10.1 Å². The van der Waals surface area contributed by atoms with Crippen LogP contribution < -0.4 is 0 Å². The third-order valence-electron chi connectivity index (χ3n) is 1.33. The molecule has 0 fully saturated rings. The maximum absolute atomic E-state index is 10.6. The van der Waals surface area contributed by atoms with Crippen molar-refractivity contribution < 1.29 is 14.9 Å². The molecular formula is C8H7O3. The number of carbonyl (C=O) groups is 1. The van der Waals surface area contributed by atoms with E-state index in [2.05, 4.69) is 4.89 Å². The first-order chi connectivity index (χ1) is 5.24. The number of aryl methyl sites for hydroxylation is 1. The normalized spacial score (nSPS) is 9.27. The van der Waals surface area contributed by atoms with E-state index in [0.717, 1.165) is 5.56 Å². The Labute approximate surface area is 64.2 Å². The molecule has 0 aliphatic heterocycles. The minimum absolute atomic E-state index is 0.292. The van der Waals surface area contributed by atoms with E-state index >= 15 is 0 Å². The molecule has 1 rings (SSSR count). The van der Waals surface area contributed by atoms with Gasteiger partial charge in [0.1, 0.15) is 0 Å². The number of benzene rings is 1. The van der Waals surface area contributed by atoms with E-state index < -0.39 is 5.97 Å². The van der Waals surface area contributed by atoms with Gasteiger partial charge < -0.3 is 0 Å². The van der Waals surface area contributed by atoms with Crippen LogP contribution in [0.15, 0.2) is 24.3 Å². The van der Waals surface area contributed by atoms with Gasteiger partial charge in [0, 0.05) is 5.26 Å². The van der Waals surface area contributed by atoms with E-state index in [4.69, 9.17) is 0 Å². The predicted octanol–water partition coefficient (Wildman–Crippen LogP) is 1.50. The second-order valence-electron chi connectivity index (χ2n) is 2.24. The van der Waals surface area contributed by atoms with E-state index in [1.807, 2.05) is 13.0 Å². The molecule has 3 nitrogen and oxygen atoms in total. The maximum atomic E-state index is 10.6. The highest BCUT2D eigenvalue weighted by atomic mass is 17.1. The Morgan fingerprint density at radius 1 is 1.45 bits per heavy atom. The van der Waals surface area contributed by atoms with Crippen LogP contribution in [0.3, 0.4) is 0 Å². The van der Waals surface area contributed by atoms with Crippen molar-refractivity contribution in [3.63, 3.8) is 0 Å². The molecule has 0 amide bonds. The summed E-state index contributed by atoms with van der Waals surface area (Å²) in [7, 11) is 0. The molecule has 11 heavy (non-hydrogen) atoms. The topological polar surface area (TPSA) is 46.2 Å². The zero-order valence-corrected chi connectivity index (χ0v) is 6.03. The van der Waals surface area contributed by atoms with Crippen molar-refractivity contribution in [2.24, 2.45) is 0 Å². The van der Waals surface area contributed by atoms with Crippen molar-refractivity contribution in [2.45, 2.75) is 6.92 Å². The Bertz CT molecular complexity index is 268. The minimum Gasteiger partial charge on any atom is -0.260 e. The summed E-state index contributed by atoms with van der Waals surface area (Å²) < 4.78 is 0. The lowest BCUT2D eigenvalue weighted by molar-refractivity contribution is -0.245. The molecular weight excluding hydrogens is 144 g/mol. The summed E-state index contributed by atoms with van der Waals surface area (Å²) in [6.45, 7) is 1.83. The molecule has 0 aliphatic rings. The summed E-state index contributed by atoms with van der Waals surface area (Å²) in [5, 5.41) is 9.69. The van der Waals surface area contributed by atoms with Gasteiger partial charge in [0.2, 0.25) is 0 Å². The third kappa shape index (κ3) is 1.78. The summed E-state index contributed by atoms with van der Waals surface area (Å²) in [6.07, 6.45) is 0. The Morgan fingerprint density at radius 2 is 2.18 bits per heavy atom. The smallest absolute Gasteiger partial charge is 0.260 e. The van der Waals surface area contributed by atoms with Crippen molar-refractivity contribution in [1.29, 1.82) is 0 Å². The van der Waals surface area contributed by atoms with Gasteiger partial charge in [-0.05, 0) is 19.1 Å². The highest BCUT2D eigenvalue weighted by molar-refractivity contribution is 5.88. The van der Waals surface area contributed by atoms with Gasteiger partial charge in [-0.15, -0.1) is 0 Å². The molecule has 0 aromatic heterocycles. The fourth-order valence-electron chi connectivity index (χ4n) is 0.820. The van der Waals surface area contributed by atoms with Crippen LogP contribution in [0.4, 0.5) is 0 Å². The number of rotatable bonds is 1. The minimum atomic E-state index is -0.839. The van der Waals surface area contributed by atoms with Crippen molar-refractivity contribution in [2.75, 3.05) is 0 Å². The van der Waals surface area contributed by atoms with Gasteiger partial charge in [-0.25, -0.2) is 4.79 Å². The van der Waals surface area contributed by atoms with Gasteiger partial charge in [0.05, 0.1) is 5.56 Å². The summed E-state index contributed by atoms with van der Waals surface area (Å²) in [5.41, 5.74) is 1.22. The molecule has 1 aromatic carbocycles. The van der Waals surface area contributed by atoms with Crippen LogP contribution >= 0.6 is 0 Å². The summed E-state index contributed by atoms with van der Waals surface area (Å²) in [6, 6.07) is 6.66. The molecule has 1 radical (unpaired) electrons. The second kappa shape index (κ2) is 3.16. The first kappa shape index (κ1) is 7.75. The molecule has 0 atom stereocenters. The lowest BCUT2D eigenvalue weighted by Crippen LogP contribution is -2.00. The summed E-state index contributed by atoms with van der Waals surface area (Å²) in [5.74, 6) is -0.839. The number of carbonyl (C=O) groups excluding carboxylic acids is 1. The van der Waals surface area contributed by atoms with Crippen molar-refractivity contribution in [3.8, 4) is 0 Å². The van der Waals surface area contributed by atoms with Gasteiger partial charge >= 0.3 is 5.97 Å². The second-order valence-corrected chi connectivity index (χ2v) is 2.24. The summed E-state index contributed by atoms with van der Waals surface area (Å²) >= 11 is 0. The molecule has 0 N–H and O–H groups in total. The van der Waals surface area contributed by atoms with Gasteiger partial charge in [-0.3, -0.25) is 4.89 Å². The highest BCUT2D eigenvalue weighted by Gasteiger charge is 2.05. The number of hydrogen-bond donors (Lipinski definition) is 0. The largest absolute Gasteiger partial charge is 0.376 e. The third-order valence-corrected chi connectivity index (χ3v) is 1.33.